The molecule has 2 aromatic rings. The molecule has 1 atom stereocenters. The van der Waals surface area contributed by atoms with Crippen molar-refractivity contribution in [1.29, 1.82) is 5.26 Å². The molecule has 1 N–H and O–H groups in total. The van der Waals surface area contributed by atoms with E-state index in [1.807, 2.05) is 19.1 Å². The van der Waals surface area contributed by atoms with Crippen molar-refractivity contribution in [3.63, 3.8) is 0 Å². The van der Waals surface area contributed by atoms with E-state index in [1.165, 1.54) is 43.3 Å². The molecule has 142 valence electrons. The minimum absolute atomic E-state index is 0.0294. The molecule has 1 heterocycles. The topological polar surface area (TPSA) is 103 Å². The van der Waals surface area contributed by atoms with E-state index in [2.05, 4.69) is 16.4 Å². The number of aromatic nitrogens is 1. The van der Waals surface area contributed by atoms with Crippen LogP contribution in [0.4, 0.5) is 5.69 Å². The smallest absolute Gasteiger partial charge is 0.244 e. The van der Waals surface area contributed by atoms with E-state index in [0.29, 0.717) is 11.4 Å². The average molecular weight is 405 g/mol. The van der Waals surface area contributed by atoms with Gasteiger partial charge in [-0.05, 0) is 31.2 Å². The van der Waals surface area contributed by atoms with Gasteiger partial charge in [-0.15, -0.1) is 11.8 Å². The number of hydrogen-bond acceptors (Lipinski definition) is 6. The number of thioether (sulfide) groups is 1. The summed E-state index contributed by atoms with van der Waals surface area (Å²) in [4.78, 5) is 17.0. The SMILES string of the molecule is CC(C#N)CSc1ccccc1NC(=O)CN(C)S(=O)(=O)c1cccnc1. The van der Waals surface area contributed by atoms with Crippen LogP contribution in [0.3, 0.4) is 0 Å². The molecule has 27 heavy (non-hydrogen) atoms. The molecule has 0 aliphatic carbocycles. The van der Waals surface area contributed by atoms with E-state index in [1.54, 1.807) is 12.1 Å². The minimum Gasteiger partial charge on any atom is -0.324 e. The molecule has 0 saturated heterocycles. The van der Waals surface area contributed by atoms with Crippen molar-refractivity contribution < 1.29 is 13.2 Å². The molecule has 0 spiro atoms. The molecule has 2 rings (SSSR count). The summed E-state index contributed by atoms with van der Waals surface area (Å²) >= 11 is 1.47. The predicted octanol–water partition coefficient (Wildman–Crippen LogP) is 2.59. The van der Waals surface area contributed by atoms with E-state index in [0.717, 1.165) is 9.20 Å². The summed E-state index contributed by atoms with van der Waals surface area (Å²) in [5.74, 6) is 0.0273. The molecule has 1 amide bonds. The van der Waals surface area contributed by atoms with Crippen molar-refractivity contribution in [1.82, 2.24) is 9.29 Å². The molecule has 0 radical (unpaired) electrons. The summed E-state index contributed by atoms with van der Waals surface area (Å²) in [5, 5.41) is 11.6. The second kappa shape index (κ2) is 9.50. The zero-order valence-electron chi connectivity index (χ0n) is 15.0. The quantitative estimate of drug-likeness (QED) is 0.678. The highest BCUT2D eigenvalue weighted by Crippen LogP contribution is 2.28. The third-order valence-corrected chi connectivity index (χ3v) is 6.70. The van der Waals surface area contributed by atoms with E-state index in [-0.39, 0.29) is 17.4 Å². The molecule has 9 heteroatoms. The van der Waals surface area contributed by atoms with Gasteiger partial charge in [0.15, 0.2) is 0 Å². The molecular weight excluding hydrogens is 384 g/mol. The van der Waals surface area contributed by atoms with Crippen LogP contribution < -0.4 is 5.32 Å². The first-order valence-corrected chi connectivity index (χ1v) is 10.5. The van der Waals surface area contributed by atoms with Gasteiger partial charge in [-0.25, -0.2) is 8.42 Å². The molecule has 0 fully saturated rings. The van der Waals surface area contributed by atoms with E-state index < -0.39 is 15.9 Å². The zero-order valence-corrected chi connectivity index (χ0v) is 16.6. The zero-order chi connectivity index (χ0) is 19.9. The monoisotopic (exact) mass is 404 g/mol. The fourth-order valence-electron chi connectivity index (χ4n) is 2.10. The van der Waals surface area contributed by atoms with Crippen molar-refractivity contribution in [3.05, 3.63) is 48.8 Å². The number of likely N-dealkylation sites (N-methyl/N-ethyl adjacent to an activating group) is 1. The second-order valence-corrected chi connectivity index (χ2v) is 8.94. The number of carbonyl (C=O) groups is 1. The van der Waals surface area contributed by atoms with Crippen LogP contribution in [-0.4, -0.2) is 43.0 Å². The number of anilines is 1. The van der Waals surface area contributed by atoms with Crippen molar-refractivity contribution in [2.75, 3.05) is 24.7 Å². The molecule has 0 bridgehead atoms. The lowest BCUT2D eigenvalue weighted by Crippen LogP contribution is -2.35. The normalized spacial score (nSPS) is 12.4. The maximum absolute atomic E-state index is 12.5. The molecule has 1 aromatic carbocycles. The fraction of sp³-hybridized carbons (Fsp3) is 0.278. The molecule has 0 aliphatic heterocycles. The summed E-state index contributed by atoms with van der Waals surface area (Å²) in [6, 6.07) is 12.3. The van der Waals surface area contributed by atoms with Gasteiger partial charge in [-0.1, -0.05) is 12.1 Å². The Morgan fingerprint density at radius 1 is 1.33 bits per heavy atom. The summed E-state index contributed by atoms with van der Waals surface area (Å²) in [5.41, 5.74) is 0.588. The highest BCUT2D eigenvalue weighted by Gasteiger charge is 2.23. The van der Waals surface area contributed by atoms with Gasteiger partial charge >= 0.3 is 0 Å². The predicted molar refractivity (Wildman–Crippen MR) is 105 cm³/mol. The highest BCUT2D eigenvalue weighted by molar-refractivity contribution is 7.99. The van der Waals surface area contributed by atoms with Gasteiger partial charge < -0.3 is 5.32 Å². The summed E-state index contributed by atoms with van der Waals surface area (Å²) in [6.07, 6.45) is 2.72. The lowest BCUT2D eigenvalue weighted by molar-refractivity contribution is -0.116. The summed E-state index contributed by atoms with van der Waals surface area (Å²) in [7, 11) is -2.45. The average Bonchev–Trinajstić information content (AvgIpc) is 2.67. The lowest BCUT2D eigenvalue weighted by atomic mass is 10.3. The number of nitriles is 1. The highest BCUT2D eigenvalue weighted by atomic mass is 32.2. The standard InChI is InChI=1S/C18H20N4O3S2/c1-14(10-19)13-26-17-8-4-3-7-16(17)21-18(23)12-22(2)27(24,25)15-6-5-9-20-11-15/h3-9,11,14H,12-13H2,1-2H3,(H,21,23). The first-order chi connectivity index (χ1) is 12.8. The Bertz CT molecular complexity index is 927. The maximum Gasteiger partial charge on any atom is 0.244 e. The van der Waals surface area contributed by atoms with Crippen LogP contribution >= 0.6 is 11.8 Å². The first kappa shape index (κ1) is 20.9. The minimum atomic E-state index is -3.79. The van der Waals surface area contributed by atoms with Gasteiger partial charge in [-0.2, -0.15) is 9.57 Å². The Hall–Kier alpha value is -2.41. The van der Waals surface area contributed by atoms with Gasteiger partial charge in [0.25, 0.3) is 0 Å². The van der Waals surface area contributed by atoms with Crippen LogP contribution in [0.15, 0.2) is 58.6 Å². The van der Waals surface area contributed by atoms with Gasteiger partial charge in [0.05, 0.1) is 24.2 Å². The Morgan fingerprint density at radius 3 is 2.74 bits per heavy atom. The van der Waals surface area contributed by atoms with Crippen LogP contribution in [-0.2, 0) is 14.8 Å². The number of nitrogens with one attached hydrogen (secondary N) is 1. The molecule has 0 saturated carbocycles. The van der Waals surface area contributed by atoms with Crippen LogP contribution in [0.25, 0.3) is 0 Å². The second-order valence-electron chi connectivity index (χ2n) is 5.84. The molecule has 1 aromatic heterocycles. The molecule has 0 aliphatic rings. The fourth-order valence-corrected chi connectivity index (χ4v) is 4.15. The van der Waals surface area contributed by atoms with E-state index >= 15 is 0 Å². The van der Waals surface area contributed by atoms with Gasteiger partial charge in [0, 0.05) is 30.1 Å². The number of para-hydroxylation sites is 1. The largest absolute Gasteiger partial charge is 0.324 e. The van der Waals surface area contributed by atoms with Crippen molar-refractivity contribution in [2.24, 2.45) is 5.92 Å². The molecule has 7 nitrogen and oxygen atoms in total. The first-order valence-electron chi connectivity index (χ1n) is 8.12. The Balaban J connectivity index is 2.05. The number of nitrogens with zero attached hydrogens (tertiary/aromatic N) is 3. The number of carbonyl (C=O) groups excluding carboxylic acids is 1. The number of rotatable bonds is 8. The lowest BCUT2D eigenvalue weighted by Gasteiger charge is -2.17. The van der Waals surface area contributed by atoms with Crippen molar-refractivity contribution in [3.8, 4) is 6.07 Å². The molecule has 1 unspecified atom stereocenters. The van der Waals surface area contributed by atoms with Crippen LogP contribution in [0, 0.1) is 17.2 Å². The van der Waals surface area contributed by atoms with Crippen LogP contribution in [0.1, 0.15) is 6.92 Å². The van der Waals surface area contributed by atoms with Crippen LogP contribution in [0.5, 0.6) is 0 Å². The Morgan fingerprint density at radius 2 is 2.07 bits per heavy atom. The number of benzene rings is 1. The number of sulfonamides is 1. The van der Waals surface area contributed by atoms with Crippen molar-refractivity contribution in [2.45, 2.75) is 16.7 Å². The molecular formula is C18H20N4O3S2. The Labute approximate surface area is 163 Å². The number of pyridine rings is 1. The van der Waals surface area contributed by atoms with E-state index in [4.69, 9.17) is 5.26 Å². The summed E-state index contributed by atoms with van der Waals surface area (Å²) in [6.45, 7) is 1.50. The van der Waals surface area contributed by atoms with Crippen LogP contribution in [0.2, 0.25) is 0 Å². The third-order valence-electron chi connectivity index (χ3n) is 3.58. The number of hydrogen-bond donors (Lipinski definition) is 1. The Kier molecular flexibility index (Phi) is 7.36. The third kappa shape index (κ3) is 5.79. The van der Waals surface area contributed by atoms with E-state index in [9.17, 15) is 13.2 Å². The summed E-state index contributed by atoms with van der Waals surface area (Å²) < 4.78 is 25.9. The maximum atomic E-state index is 12.5. The number of amides is 1. The van der Waals surface area contributed by atoms with Gasteiger partial charge in [-0.3, -0.25) is 9.78 Å². The van der Waals surface area contributed by atoms with Gasteiger partial charge in [0.2, 0.25) is 15.9 Å². The van der Waals surface area contributed by atoms with Gasteiger partial charge in [0.1, 0.15) is 4.90 Å². The van der Waals surface area contributed by atoms with Crippen molar-refractivity contribution >= 4 is 33.4 Å².